The van der Waals surface area contributed by atoms with Crippen molar-refractivity contribution in [1.82, 2.24) is 0 Å². The summed E-state index contributed by atoms with van der Waals surface area (Å²) in [4.78, 5) is 26.2. The van der Waals surface area contributed by atoms with Crippen molar-refractivity contribution in [3.05, 3.63) is 23.3 Å². The van der Waals surface area contributed by atoms with Gasteiger partial charge in [-0.25, -0.2) is 0 Å². The number of ether oxygens (including phenoxy) is 1. The van der Waals surface area contributed by atoms with Gasteiger partial charge in [0.2, 0.25) is 0 Å². The maximum absolute atomic E-state index is 13.1. The molecule has 6 heteroatoms. The summed E-state index contributed by atoms with van der Waals surface area (Å²) in [7, 11) is 0. The second kappa shape index (κ2) is 12.0. The topological polar surface area (TPSA) is 104 Å². The van der Waals surface area contributed by atoms with E-state index in [9.17, 15) is 24.9 Å². The van der Waals surface area contributed by atoms with Crippen LogP contribution in [0.5, 0.6) is 0 Å². The lowest BCUT2D eigenvalue weighted by Crippen LogP contribution is -2.61. The van der Waals surface area contributed by atoms with E-state index < -0.39 is 28.6 Å². The molecule has 6 nitrogen and oxygen atoms in total. The van der Waals surface area contributed by atoms with E-state index in [1.54, 1.807) is 13.0 Å². The average Bonchev–Trinajstić information content (AvgIpc) is 3.31. The van der Waals surface area contributed by atoms with Gasteiger partial charge in [0.05, 0.1) is 12.2 Å². The first-order valence-electron chi connectivity index (χ1n) is 16.1. The normalized spacial score (nSPS) is 37.5. The van der Waals surface area contributed by atoms with Crippen LogP contribution in [-0.4, -0.2) is 50.5 Å². The van der Waals surface area contributed by atoms with Gasteiger partial charge in [-0.2, -0.15) is 0 Å². The molecule has 4 aliphatic carbocycles. The van der Waals surface area contributed by atoms with Gasteiger partial charge in [0.25, 0.3) is 0 Å². The van der Waals surface area contributed by atoms with Crippen LogP contribution in [0.15, 0.2) is 23.3 Å². The van der Waals surface area contributed by atoms with Crippen LogP contribution in [-0.2, 0) is 14.3 Å². The third-order valence-corrected chi connectivity index (χ3v) is 11.2. The fourth-order valence-corrected chi connectivity index (χ4v) is 8.79. The smallest absolute Gasteiger partial charge is 0.306 e. The molecule has 0 aromatic heterocycles. The van der Waals surface area contributed by atoms with E-state index in [-0.39, 0.29) is 42.0 Å². The Bertz CT molecular complexity index is 1010. The average molecular weight is 559 g/mol. The number of unbranched alkanes of at least 4 members (excludes halogenated alkanes) is 10. The Morgan fingerprint density at radius 1 is 0.975 bits per heavy atom. The standard InChI is InChI=1S/C34H54O6/c1-6-7-8-9-10-11-12-13-14-15-16-17-28(36)40-33-20-24(3)34(39)26(29(33)31(33,4)5)19-25(22-35)21-32(38)27(34)18-23(2)30(32)37/h18-19,24,26-27,29,35,38-39H,6-17,20-22H2,1-5H3/t24-,26+,27?,29-,32-,33+,34-/m1/s1. The van der Waals surface area contributed by atoms with Crippen molar-refractivity contribution in [2.45, 2.75) is 141 Å². The summed E-state index contributed by atoms with van der Waals surface area (Å²) in [5.41, 5.74) is -3.20. The number of aliphatic hydroxyl groups excluding tert-OH is 1. The van der Waals surface area contributed by atoms with Crippen LogP contribution in [0.25, 0.3) is 0 Å². The monoisotopic (exact) mass is 558 g/mol. The molecule has 3 N–H and O–H groups in total. The van der Waals surface area contributed by atoms with Crippen LogP contribution in [0.3, 0.4) is 0 Å². The summed E-state index contributed by atoms with van der Waals surface area (Å²) in [6.45, 7) is 9.77. The fourth-order valence-electron chi connectivity index (χ4n) is 8.79. The fraction of sp³-hybridized carbons (Fsp3) is 0.824. The highest BCUT2D eigenvalue weighted by Gasteiger charge is 2.83. The van der Waals surface area contributed by atoms with Crippen molar-refractivity contribution in [2.24, 2.45) is 29.1 Å². The third-order valence-electron chi connectivity index (χ3n) is 11.2. The molecule has 4 aliphatic rings. The van der Waals surface area contributed by atoms with E-state index >= 15 is 0 Å². The Morgan fingerprint density at radius 3 is 2.12 bits per heavy atom. The first-order valence-corrected chi connectivity index (χ1v) is 16.1. The summed E-state index contributed by atoms with van der Waals surface area (Å²) in [6.07, 6.45) is 18.0. The Kier molecular flexibility index (Phi) is 9.44. The maximum Gasteiger partial charge on any atom is 0.306 e. The van der Waals surface area contributed by atoms with Crippen LogP contribution in [0.2, 0.25) is 0 Å². The van der Waals surface area contributed by atoms with Crippen molar-refractivity contribution in [1.29, 1.82) is 0 Å². The second-order valence-corrected chi connectivity index (χ2v) is 14.1. The van der Waals surface area contributed by atoms with Crippen LogP contribution >= 0.6 is 0 Å². The van der Waals surface area contributed by atoms with Gasteiger partial charge in [0.1, 0.15) is 11.2 Å². The lowest BCUT2D eigenvalue weighted by Gasteiger charge is -2.50. The number of hydrogen-bond acceptors (Lipinski definition) is 6. The quantitative estimate of drug-likeness (QED) is 0.133. The lowest BCUT2D eigenvalue weighted by molar-refractivity contribution is -0.187. The summed E-state index contributed by atoms with van der Waals surface area (Å²) in [5, 5.41) is 34.2. The number of carbonyl (C=O) groups excluding carboxylic acids is 2. The first-order chi connectivity index (χ1) is 18.9. The minimum atomic E-state index is -1.76. The molecule has 40 heavy (non-hydrogen) atoms. The predicted molar refractivity (Wildman–Crippen MR) is 156 cm³/mol. The van der Waals surface area contributed by atoms with Gasteiger partial charge in [-0.15, -0.1) is 0 Å². The first kappa shape index (κ1) is 31.4. The van der Waals surface area contributed by atoms with Gasteiger partial charge in [0.15, 0.2) is 5.78 Å². The molecule has 7 atom stereocenters. The molecule has 4 rings (SSSR count). The molecule has 0 saturated heterocycles. The Labute approximate surface area is 241 Å². The molecule has 0 aliphatic heterocycles. The van der Waals surface area contributed by atoms with Crippen molar-refractivity contribution >= 4 is 11.8 Å². The van der Waals surface area contributed by atoms with E-state index in [1.165, 1.54) is 51.4 Å². The second-order valence-electron chi connectivity index (χ2n) is 14.1. The van der Waals surface area contributed by atoms with Crippen LogP contribution in [0, 0.1) is 29.1 Å². The van der Waals surface area contributed by atoms with E-state index in [0.29, 0.717) is 24.0 Å². The number of rotatable bonds is 14. The molecule has 1 unspecified atom stereocenters. The molecule has 2 saturated carbocycles. The molecular formula is C34H54O6. The highest BCUT2D eigenvalue weighted by molar-refractivity contribution is 6.04. The van der Waals surface area contributed by atoms with Gasteiger partial charge in [-0.05, 0) is 36.8 Å². The molecule has 0 spiro atoms. The maximum atomic E-state index is 13.1. The van der Waals surface area contributed by atoms with E-state index in [0.717, 1.165) is 19.3 Å². The minimum Gasteiger partial charge on any atom is -0.458 e. The van der Waals surface area contributed by atoms with Crippen molar-refractivity contribution in [3.8, 4) is 0 Å². The van der Waals surface area contributed by atoms with E-state index in [2.05, 4.69) is 20.8 Å². The summed E-state index contributed by atoms with van der Waals surface area (Å²) in [5.74, 6) is -2.25. The number of Topliss-reactive ketones (excluding diaryl/α,β-unsaturated/α-hetero) is 1. The van der Waals surface area contributed by atoms with Gasteiger partial charge >= 0.3 is 5.97 Å². The molecule has 0 radical (unpaired) electrons. The lowest BCUT2D eigenvalue weighted by atomic mass is 9.60. The molecule has 0 amide bonds. The van der Waals surface area contributed by atoms with Crippen molar-refractivity contribution in [3.63, 3.8) is 0 Å². The SMILES string of the molecule is CCCCCCCCCCCCCC(=O)O[C@@]12C[C@@H](C)[C@]3(O)C4C=C(C)C(=O)[C@@]4(O)CC(CO)=C[C@H]3[C@@H]1C2(C)C. The van der Waals surface area contributed by atoms with Crippen molar-refractivity contribution < 1.29 is 29.6 Å². The minimum absolute atomic E-state index is 0.00512. The van der Waals surface area contributed by atoms with E-state index in [4.69, 9.17) is 4.74 Å². The molecule has 0 bridgehead atoms. The van der Waals surface area contributed by atoms with Crippen molar-refractivity contribution in [2.75, 3.05) is 6.61 Å². The highest BCUT2D eigenvalue weighted by Crippen LogP contribution is 2.76. The molecule has 0 aromatic carbocycles. The molecular weight excluding hydrogens is 504 g/mol. The highest BCUT2D eigenvalue weighted by atomic mass is 16.6. The van der Waals surface area contributed by atoms with Gasteiger partial charge in [0, 0.05) is 36.0 Å². The summed E-state index contributed by atoms with van der Waals surface area (Å²) in [6, 6.07) is 0. The Balaban J connectivity index is 1.37. The number of fused-ring (bicyclic) bond motifs is 5. The summed E-state index contributed by atoms with van der Waals surface area (Å²) < 4.78 is 6.33. The number of ketones is 1. The molecule has 0 aromatic rings. The van der Waals surface area contributed by atoms with Gasteiger partial charge in [-0.3, -0.25) is 9.59 Å². The Morgan fingerprint density at radius 2 is 1.55 bits per heavy atom. The van der Waals surface area contributed by atoms with Crippen LogP contribution < -0.4 is 0 Å². The largest absolute Gasteiger partial charge is 0.458 e. The van der Waals surface area contributed by atoms with Crippen LogP contribution in [0.1, 0.15) is 125 Å². The number of carbonyl (C=O) groups is 2. The number of aliphatic hydroxyl groups is 3. The number of hydrogen-bond donors (Lipinski definition) is 3. The molecule has 226 valence electrons. The molecule has 2 fully saturated rings. The van der Waals surface area contributed by atoms with Crippen LogP contribution in [0.4, 0.5) is 0 Å². The zero-order chi connectivity index (χ0) is 29.3. The zero-order valence-corrected chi connectivity index (χ0v) is 25.6. The van der Waals surface area contributed by atoms with Gasteiger partial charge < -0.3 is 20.1 Å². The van der Waals surface area contributed by atoms with E-state index in [1.807, 2.05) is 13.0 Å². The Hall–Kier alpha value is -1.50. The molecule has 0 heterocycles. The number of esters is 1. The third kappa shape index (κ3) is 5.26. The zero-order valence-electron chi connectivity index (χ0n) is 25.6. The van der Waals surface area contributed by atoms with Gasteiger partial charge in [-0.1, -0.05) is 104 Å². The summed E-state index contributed by atoms with van der Waals surface area (Å²) >= 11 is 0. The predicted octanol–water partition coefficient (Wildman–Crippen LogP) is 6.21.